The first-order valence-corrected chi connectivity index (χ1v) is 11.4. The van der Waals surface area contributed by atoms with Crippen molar-refractivity contribution in [2.75, 3.05) is 13.2 Å². The average Bonchev–Trinajstić information content (AvgIpc) is 3.25. The third-order valence-corrected chi connectivity index (χ3v) is 7.53. The molecule has 0 radical (unpaired) electrons. The van der Waals surface area contributed by atoms with E-state index in [0.29, 0.717) is 19.6 Å². The second-order valence-electron chi connectivity index (χ2n) is 7.73. The van der Waals surface area contributed by atoms with Gasteiger partial charge >= 0.3 is 0 Å². The van der Waals surface area contributed by atoms with Gasteiger partial charge in [0.15, 0.2) is 0 Å². The van der Waals surface area contributed by atoms with E-state index in [-0.39, 0.29) is 23.5 Å². The number of benzene rings is 2. The monoisotopic (exact) mass is 414 g/mol. The first-order chi connectivity index (χ1) is 13.9. The summed E-state index contributed by atoms with van der Waals surface area (Å²) in [6, 6.07) is 13.7. The number of carbonyl (C=O) groups is 1. The zero-order chi connectivity index (χ0) is 20.4. The highest BCUT2D eigenvalue weighted by Gasteiger charge is 2.39. The van der Waals surface area contributed by atoms with Crippen LogP contribution in [0, 0.1) is 6.92 Å². The summed E-state index contributed by atoms with van der Waals surface area (Å²) in [4.78, 5) is 13.2. The molecule has 0 spiro atoms. The Labute approximate surface area is 171 Å². The number of nitrogens with one attached hydrogen (secondary N) is 1. The summed E-state index contributed by atoms with van der Waals surface area (Å²) in [6.07, 6.45) is 2.28. The lowest BCUT2D eigenvalue weighted by Gasteiger charge is -2.35. The smallest absolute Gasteiger partial charge is 0.244 e. The van der Waals surface area contributed by atoms with Crippen molar-refractivity contribution in [2.24, 2.45) is 0 Å². The van der Waals surface area contributed by atoms with Crippen LogP contribution in [0.3, 0.4) is 0 Å². The molecule has 1 N–H and O–H groups in total. The standard InChI is InChI=1S/C22H26N2O4S/c1-16-8-10-20(11-9-16)29(26,27)24-15-18-6-3-2-5-17(18)13-21(24)22(25)23-14-19-7-4-12-28-19/h2-3,5-6,8-11,19,21H,4,7,12-15H2,1H3,(H,23,25)/t19-,21-/m1/s1. The van der Waals surface area contributed by atoms with Gasteiger partial charge in [0, 0.05) is 19.7 Å². The second kappa shape index (κ2) is 8.26. The normalized spacial score (nSPS) is 22.2. The molecule has 2 aromatic carbocycles. The van der Waals surface area contributed by atoms with Gasteiger partial charge in [0.2, 0.25) is 15.9 Å². The lowest BCUT2D eigenvalue weighted by atomic mass is 9.95. The van der Waals surface area contributed by atoms with Crippen LogP contribution in [0.2, 0.25) is 0 Å². The molecule has 29 heavy (non-hydrogen) atoms. The molecule has 2 atom stereocenters. The van der Waals surface area contributed by atoms with E-state index in [2.05, 4.69) is 5.32 Å². The highest BCUT2D eigenvalue weighted by atomic mass is 32.2. The molecular weight excluding hydrogens is 388 g/mol. The van der Waals surface area contributed by atoms with Gasteiger partial charge in [-0.2, -0.15) is 4.31 Å². The van der Waals surface area contributed by atoms with Gasteiger partial charge in [-0.25, -0.2) is 8.42 Å². The van der Waals surface area contributed by atoms with Crippen LogP contribution >= 0.6 is 0 Å². The molecule has 7 heteroatoms. The molecule has 1 saturated heterocycles. The van der Waals surface area contributed by atoms with Crippen molar-refractivity contribution in [1.82, 2.24) is 9.62 Å². The number of ether oxygens (including phenoxy) is 1. The highest BCUT2D eigenvalue weighted by Crippen LogP contribution is 2.29. The molecule has 0 bridgehead atoms. The first-order valence-electron chi connectivity index (χ1n) is 10.00. The van der Waals surface area contributed by atoms with Crippen LogP contribution in [0.1, 0.15) is 29.5 Å². The Kier molecular flexibility index (Phi) is 5.72. The van der Waals surface area contributed by atoms with Crippen LogP contribution in [0.5, 0.6) is 0 Å². The number of fused-ring (bicyclic) bond motifs is 1. The predicted molar refractivity (Wildman–Crippen MR) is 110 cm³/mol. The zero-order valence-electron chi connectivity index (χ0n) is 16.5. The van der Waals surface area contributed by atoms with Gasteiger partial charge < -0.3 is 10.1 Å². The minimum absolute atomic E-state index is 0.0111. The second-order valence-corrected chi connectivity index (χ2v) is 9.62. The van der Waals surface area contributed by atoms with Crippen LogP contribution in [0.15, 0.2) is 53.4 Å². The predicted octanol–water partition coefficient (Wildman–Crippen LogP) is 2.41. The van der Waals surface area contributed by atoms with E-state index in [1.54, 1.807) is 24.3 Å². The summed E-state index contributed by atoms with van der Waals surface area (Å²) in [5.41, 5.74) is 2.94. The summed E-state index contributed by atoms with van der Waals surface area (Å²) in [5, 5.41) is 2.92. The fourth-order valence-corrected chi connectivity index (χ4v) is 5.52. The molecule has 2 heterocycles. The van der Waals surface area contributed by atoms with Gasteiger partial charge in [0.05, 0.1) is 11.0 Å². The molecule has 0 aliphatic carbocycles. The minimum Gasteiger partial charge on any atom is -0.376 e. The van der Waals surface area contributed by atoms with Gasteiger partial charge in [-0.15, -0.1) is 0 Å². The van der Waals surface area contributed by atoms with E-state index in [4.69, 9.17) is 4.74 Å². The summed E-state index contributed by atoms with van der Waals surface area (Å²) in [7, 11) is -3.81. The van der Waals surface area contributed by atoms with Crippen molar-refractivity contribution in [3.05, 3.63) is 65.2 Å². The molecule has 2 aliphatic heterocycles. The Morgan fingerprint density at radius 3 is 2.55 bits per heavy atom. The van der Waals surface area contributed by atoms with Crippen LogP contribution in [0.4, 0.5) is 0 Å². The van der Waals surface area contributed by atoms with Gasteiger partial charge in [0.1, 0.15) is 6.04 Å². The largest absolute Gasteiger partial charge is 0.376 e. The minimum atomic E-state index is -3.81. The SMILES string of the molecule is Cc1ccc(S(=O)(=O)N2Cc3ccccc3C[C@@H]2C(=O)NC[C@H]2CCCO2)cc1. The number of nitrogens with zero attached hydrogens (tertiary/aromatic N) is 1. The third kappa shape index (κ3) is 4.22. The zero-order valence-corrected chi connectivity index (χ0v) is 17.3. The number of aryl methyl sites for hydroxylation is 1. The van der Waals surface area contributed by atoms with E-state index in [1.165, 1.54) is 4.31 Å². The van der Waals surface area contributed by atoms with Crippen molar-refractivity contribution in [2.45, 2.75) is 49.8 Å². The maximum atomic E-state index is 13.4. The van der Waals surface area contributed by atoms with E-state index >= 15 is 0 Å². The van der Waals surface area contributed by atoms with E-state index in [0.717, 1.165) is 29.5 Å². The number of amides is 1. The number of hydrogen-bond donors (Lipinski definition) is 1. The maximum absolute atomic E-state index is 13.4. The van der Waals surface area contributed by atoms with E-state index < -0.39 is 16.1 Å². The molecular formula is C22H26N2O4S. The lowest BCUT2D eigenvalue weighted by Crippen LogP contribution is -2.53. The first kappa shape index (κ1) is 20.1. The number of rotatable bonds is 5. The van der Waals surface area contributed by atoms with Crippen molar-refractivity contribution in [3.63, 3.8) is 0 Å². The third-order valence-electron chi connectivity index (χ3n) is 5.66. The Morgan fingerprint density at radius 2 is 1.86 bits per heavy atom. The average molecular weight is 415 g/mol. The van der Waals surface area contributed by atoms with E-state index in [9.17, 15) is 13.2 Å². The Hall–Kier alpha value is -2.22. The molecule has 2 aliphatic rings. The quantitative estimate of drug-likeness (QED) is 0.815. The lowest BCUT2D eigenvalue weighted by molar-refractivity contribution is -0.125. The molecule has 1 amide bonds. The van der Waals surface area contributed by atoms with E-state index in [1.807, 2.05) is 31.2 Å². The fourth-order valence-electron chi connectivity index (χ4n) is 3.96. The molecule has 4 rings (SSSR count). The highest BCUT2D eigenvalue weighted by molar-refractivity contribution is 7.89. The van der Waals surface area contributed by atoms with Crippen molar-refractivity contribution >= 4 is 15.9 Å². The van der Waals surface area contributed by atoms with Crippen LogP contribution in [-0.2, 0) is 32.5 Å². The number of hydrogen-bond acceptors (Lipinski definition) is 4. The van der Waals surface area contributed by atoms with Gasteiger partial charge in [-0.3, -0.25) is 4.79 Å². The summed E-state index contributed by atoms with van der Waals surface area (Å²) < 4.78 is 33.7. The molecule has 0 aromatic heterocycles. The van der Waals surface area contributed by atoms with Gasteiger partial charge in [-0.1, -0.05) is 42.0 Å². The van der Waals surface area contributed by atoms with Crippen molar-refractivity contribution in [1.29, 1.82) is 0 Å². The van der Waals surface area contributed by atoms with Crippen LogP contribution < -0.4 is 5.32 Å². The molecule has 0 unspecified atom stereocenters. The topological polar surface area (TPSA) is 75.7 Å². The Morgan fingerprint density at radius 1 is 1.14 bits per heavy atom. The number of sulfonamides is 1. The van der Waals surface area contributed by atoms with Gasteiger partial charge in [0.25, 0.3) is 0 Å². The fraction of sp³-hybridized carbons (Fsp3) is 0.409. The molecule has 1 fully saturated rings. The molecule has 0 saturated carbocycles. The Balaban J connectivity index is 1.62. The maximum Gasteiger partial charge on any atom is 0.244 e. The summed E-state index contributed by atoms with van der Waals surface area (Å²) >= 11 is 0. The Bertz CT molecular complexity index is 982. The van der Waals surface area contributed by atoms with Crippen molar-refractivity contribution < 1.29 is 17.9 Å². The van der Waals surface area contributed by atoms with Gasteiger partial charge in [-0.05, 0) is 49.4 Å². The van der Waals surface area contributed by atoms with Crippen LogP contribution in [0.25, 0.3) is 0 Å². The summed E-state index contributed by atoms with van der Waals surface area (Å²) in [5.74, 6) is -0.273. The molecule has 6 nitrogen and oxygen atoms in total. The molecule has 154 valence electrons. The summed E-state index contributed by atoms with van der Waals surface area (Å²) in [6.45, 7) is 3.22. The number of carbonyl (C=O) groups excluding carboxylic acids is 1. The van der Waals surface area contributed by atoms with Crippen molar-refractivity contribution in [3.8, 4) is 0 Å². The van der Waals surface area contributed by atoms with Crippen LogP contribution in [-0.4, -0.2) is 43.9 Å². The molecule has 2 aromatic rings.